The largest absolute Gasteiger partial charge is 0.286 e. The molecule has 1 N–H and O–H groups in total. The maximum atomic E-state index is 9.19. The van der Waals surface area contributed by atoms with Gasteiger partial charge in [-0.05, 0) is 0 Å². The fourth-order valence-corrected chi connectivity index (χ4v) is 0. The van der Waals surface area contributed by atoms with Crippen LogP contribution in [0.5, 0.6) is 0 Å². The van der Waals surface area contributed by atoms with Crippen molar-refractivity contribution in [2.45, 2.75) is 0 Å². The molecule has 3 nitrogen and oxygen atoms in total. The zero-order chi connectivity index (χ0) is 4.50. The van der Waals surface area contributed by atoms with Gasteiger partial charge >= 0.3 is 0 Å². The molecule has 0 aliphatic rings. The summed E-state index contributed by atoms with van der Waals surface area (Å²) < 4.78 is 25.9. The summed E-state index contributed by atoms with van der Waals surface area (Å²) in [5, 5.41) is 0. The van der Waals surface area contributed by atoms with E-state index in [1.54, 1.807) is 0 Å². The van der Waals surface area contributed by atoms with Crippen LogP contribution >= 0.6 is 0 Å². The Balaban J connectivity index is 0. The van der Waals surface area contributed by atoms with Crippen molar-refractivity contribution in [1.29, 1.82) is 0 Å². The van der Waals surface area contributed by atoms with Crippen molar-refractivity contribution in [2.24, 2.45) is 0 Å². The van der Waals surface area contributed by atoms with Crippen molar-refractivity contribution in [3.05, 3.63) is 0 Å². The monoisotopic (exact) mass is 123 g/mol. The first-order chi connectivity index (χ1) is 2.00. The summed E-state index contributed by atoms with van der Waals surface area (Å²) in [6, 6.07) is 0. The highest BCUT2D eigenvalue weighted by atomic mass is 32.2. The zero-order valence-corrected chi connectivity index (χ0v) is 5.22. The molecule has 5 heteroatoms. The van der Waals surface area contributed by atoms with Gasteiger partial charge in [-0.3, -0.25) is 4.55 Å². The maximum absolute atomic E-state index is 9.19. The van der Waals surface area contributed by atoms with Gasteiger partial charge in [-0.25, -0.2) is 0 Å². The van der Waals surface area contributed by atoms with E-state index in [0.29, 0.717) is 6.26 Å². The van der Waals surface area contributed by atoms with Crippen molar-refractivity contribution in [1.82, 2.24) is 0 Å². The smallest absolute Gasteiger partial charge is 0.261 e. The molecule has 3 radical (unpaired) electrons. The van der Waals surface area contributed by atoms with Gasteiger partial charge in [-0.15, -0.1) is 0 Å². The molecule has 35 valence electrons. The van der Waals surface area contributed by atoms with Crippen LogP contribution in [-0.4, -0.2) is 36.6 Å². The van der Waals surface area contributed by atoms with Crippen molar-refractivity contribution < 1.29 is 13.0 Å². The van der Waals surface area contributed by atoms with E-state index in [9.17, 15) is 8.42 Å². The highest BCUT2D eigenvalue weighted by molar-refractivity contribution is 7.85. The lowest BCUT2D eigenvalue weighted by atomic mass is 12.0. The summed E-state index contributed by atoms with van der Waals surface area (Å²) in [5.41, 5.74) is 0. The van der Waals surface area contributed by atoms with Crippen LogP contribution in [0, 0.1) is 0 Å². The summed E-state index contributed by atoms with van der Waals surface area (Å²) in [5.74, 6) is 0. The molecule has 0 spiro atoms. The van der Waals surface area contributed by atoms with Crippen LogP contribution in [0.25, 0.3) is 0 Å². The molecule has 0 fully saturated rings. The molecular formula is CH4AlO3S. The Labute approximate surface area is 47.2 Å². The van der Waals surface area contributed by atoms with E-state index in [-0.39, 0.29) is 17.4 Å². The second-order valence-corrected chi connectivity index (χ2v) is 2.20. The first-order valence-electron chi connectivity index (χ1n) is 0.924. The Morgan fingerprint density at radius 3 is 1.50 bits per heavy atom. The van der Waals surface area contributed by atoms with Gasteiger partial charge in [0, 0.05) is 17.4 Å². The highest BCUT2D eigenvalue weighted by Gasteiger charge is 1.81. The predicted molar refractivity (Wildman–Crippen MR) is 23.2 cm³/mol. The lowest BCUT2D eigenvalue weighted by Crippen LogP contribution is -1.88. The molecule has 0 rings (SSSR count). The van der Waals surface area contributed by atoms with E-state index < -0.39 is 10.1 Å². The number of rotatable bonds is 0. The van der Waals surface area contributed by atoms with Gasteiger partial charge in [-0.1, -0.05) is 0 Å². The van der Waals surface area contributed by atoms with E-state index in [1.165, 1.54) is 0 Å². The predicted octanol–water partition coefficient (Wildman–Crippen LogP) is -0.877. The van der Waals surface area contributed by atoms with Gasteiger partial charge in [0.1, 0.15) is 0 Å². The lowest BCUT2D eigenvalue weighted by molar-refractivity contribution is 0.490. The molecule has 0 aromatic rings. The van der Waals surface area contributed by atoms with Gasteiger partial charge in [0.15, 0.2) is 0 Å². The quantitative estimate of drug-likeness (QED) is 0.336. The zero-order valence-electron chi connectivity index (χ0n) is 3.25. The highest BCUT2D eigenvalue weighted by Crippen LogP contribution is 1.60. The van der Waals surface area contributed by atoms with Crippen molar-refractivity contribution in [3.8, 4) is 0 Å². The summed E-state index contributed by atoms with van der Waals surface area (Å²) in [4.78, 5) is 0. The molecule has 0 atom stereocenters. The number of hydrogen-bond acceptors (Lipinski definition) is 2. The van der Waals surface area contributed by atoms with E-state index in [4.69, 9.17) is 4.55 Å². The molecule has 0 aromatic carbocycles. The third-order valence-corrected chi connectivity index (χ3v) is 0. The summed E-state index contributed by atoms with van der Waals surface area (Å²) in [6.45, 7) is 0. The van der Waals surface area contributed by atoms with Crippen molar-refractivity contribution in [3.63, 3.8) is 0 Å². The fraction of sp³-hybridized carbons (Fsp3) is 1.00. The first-order valence-corrected chi connectivity index (χ1v) is 2.77. The van der Waals surface area contributed by atoms with Crippen LogP contribution in [0.4, 0.5) is 0 Å². The molecule has 0 aliphatic carbocycles. The van der Waals surface area contributed by atoms with E-state index in [0.717, 1.165) is 0 Å². The minimum absolute atomic E-state index is 0. The third kappa shape index (κ3) is 269. The van der Waals surface area contributed by atoms with Gasteiger partial charge in [-0.2, -0.15) is 8.42 Å². The molecule has 6 heavy (non-hydrogen) atoms. The normalized spacial score (nSPS) is 9.67. The molecular weight excluding hydrogens is 119 g/mol. The van der Waals surface area contributed by atoms with Crippen LogP contribution in [0.15, 0.2) is 0 Å². The Morgan fingerprint density at radius 2 is 1.50 bits per heavy atom. The van der Waals surface area contributed by atoms with Gasteiger partial charge in [0.05, 0.1) is 6.26 Å². The molecule has 0 saturated heterocycles. The van der Waals surface area contributed by atoms with E-state index in [1.807, 2.05) is 0 Å². The van der Waals surface area contributed by atoms with Gasteiger partial charge in [0.2, 0.25) is 0 Å². The minimum atomic E-state index is -3.67. The summed E-state index contributed by atoms with van der Waals surface area (Å²) in [6.07, 6.45) is 0.715. The average molecular weight is 123 g/mol. The number of hydrogen-bond donors (Lipinski definition) is 1. The molecule has 0 aliphatic heterocycles. The Kier molecular flexibility index (Phi) is 4.17. The topological polar surface area (TPSA) is 54.4 Å². The summed E-state index contributed by atoms with van der Waals surface area (Å²) >= 11 is 0. The first kappa shape index (κ1) is 9.67. The van der Waals surface area contributed by atoms with Crippen molar-refractivity contribution >= 4 is 27.5 Å². The Bertz CT molecular complexity index is 94.0. The van der Waals surface area contributed by atoms with Crippen molar-refractivity contribution in [2.75, 3.05) is 6.26 Å². The van der Waals surface area contributed by atoms with Crippen LogP contribution in [0.1, 0.15) is 0 Å². The minimum Gasteiger partial charge on any atom is -0.286 e. The molecule has 0 saturated carbocycles. The lowest BCUT2D eigenvalue weighted by Gasteiger charge is -1.69. The fourth-order valence-electron chi connectivity index (χ4n) is 0. The van der Waals surface area contributed by atoms with Crippen LogP contribution in [0.2, 0.25) is 0 Å². The van der Waals surface area contributed by atoms with E-state index in [2.05, 4.69) is 0 Å². The molecule has 0 bridgehead atoms. The van der Waals surface area contributed by atoms with Gasteiger partial charge < -0.3 is 0 Å². The van der Waals surface area contributed by atoms with Crippen LogP contribution in [0.3, 0.4) is 0 Å². The second kappa shape index (κ2) is 2.59. The maximum Gasteiger partial charge on any atom is 0.261 e. The average Bonchev–Trinajstić information content (AvgIpc) is 0.722. The third-order valence-electron chi connectivity index (χ3n) is 0. The van der Waals surface area contributed by atoms with Crippen LogP contribution in [-0.2, 0) is 10.1 Å². The Morgan fingerprint density at radius 1 is 1.50 bits per heavy atom. The standard InChI is InChI=1S/CH4O3S.Al/c1-5(2,3)4;/h1H3,(H,2,3,4);. The summed E-state index contributed by atoms with van der Waals surface area (Å²) in [7, 11) is -3.67. The second-order valence-electron chi connectivity index (χ2n) is 0.733. The molecule has 0 amide bonds. The molecule has 0 aromatic heterocycles. The van der Waals surface area contributed by atoms with Crippen LogP contribution < -0.4 is 0 Å². The van der Waals surface area contributed by atoms with E-state index >= 15 is 0 Å². The molecule has 0 unspecified atom stereocenters. The van der Waals surface area contributed by atoms with Gasteiger partial charge in [0.25, 0.3) is 10.1 Å². The SMILES string of the molecule is CS(=O)(=O)O.[Al]. The Hall–Kier alpha value is 0.442. The molecule has 0 heterocycles.